The molecule has 23 heavy (non-hydrogen) atoms. The number of nitrogens with zero attached hydrogens (tertiary/aromatic N) is 1. The number of rotatable bonds is 5. The first-order valence-electron chi connectivity index (χ1n) is 7.34. The van der Waals surface area contributed by atoms with Crippen molar-refractivity contribution < 1.29 is 14.3 Å². The largest absolute Gasteiger partial charge is 0.497 e. The van der Waals surface area contributed by atoms with E-state index in [-0.39, 0.29) is 5.78 Å². The molecule has 0 spiro atoms. The lowest BCUT2D eigenvalue weighted by molar-refractivity contribution is 0.101. The monoisotopic (exact) mass is 307 g/mol. The molecule has 116 valence electrons. The van der Waals surface area contributed by atoms with E-state index in [2.05, 4.69) is 4.98 Å². The minimum Gasteiger partial charge on any atom is -0.497 e. The molecular formula is C19H17NO3. The number of carbonyl (C=O) groups is 1. The van der Waals surface area contributed by atoms with Crippen molar-refractivity contribution in [3.63, 3.8) is 0 Å². The first-order valence-corrected chi connectivity index (χ1v) is 7.34. The minimum absolute atomic E-state index is 0.0815. The fourth-order valence-corrected chi connectivity index (χ4v) is 2.37. The van der Waals surface area contributed by atoms with Gasteiger partial charge in [0, 0.05) is 18.4 Å². The summed E-state index contributed by atoms with van der Waals surface area (Å²) in [6.45, 7) is 1.89. The molecule has 4 heteroatoms. The molecule has 0 aliphatic rings. The number of pyridine rings is 1. The van der Waals surface area contributed by atoms with E-state index in [4.69, 9.17) is 9.47 Å². The van der Waals surface area contributed by atoms with Gasteiger partial charge in [-0.25, -0.2) is 4.98 Å². The van der Waals surface area contributed by atoms with Crippen molar-refractivity contribution in [3.8, 4) is 11.5 Å². The summed E-state index contributed by atoms with van der Waals surface area (Å²) in [6, 6.07) is 17.0. The van der Waals surface area contributed by atoms with Crippen molar-refractivity contribution in [1.82, 2.24) is 4.98 Å². The predicted molar refractivity (Wildman–Crippen MR) is 89.1 cm³/mol. The maximum absolute atomic E-state index is 11.7. The summed E-state index contributed by atoms with van der Waals surface area (Å²) in [4.78, 5) is 16.0. The maximum Gasteiger partial charge on any atom is 0.178 e. The highest BCUT2D eigenvalue weighted by Crippen LogP contribution is 2.26. The number of fused-ring (bicyclic) bond motifs is 1. The second kappa shape index (κ2) is 6.48. The fraction of sp³-hybridized carbons (Fsp3) is 0.158. The molecule has 2 aromatic carbocycles. The molecule has 1 aromatic heterocycles. The van der Waals surface area contributed by atoms with Gasteiger partial charge in [0.25, 0.3) is 0 Å². The quantitative estimate of drug-likeness (QED) is 0.668. The molecule has 0 N–H and O–H groups in total. The van der Waals surface area contributed by atoms with Crippen LogP contribution in [0.4, 0.5) is 0 Å². The zero-order valence-electron chi connectivity index (χ0n) is 13.1. The number of Topliss-reactive ketones (excluding diaryl/α,β-unsaturated/α-hetero) is 1. The topological polar surface area (TPSA) is 48.4 Å². The Bertz CT molecular complexity index is 858. The number of hydrogen-bond acceptors (Lipinski definition) is 4. The van der Waals surface area contributed by atoms with E-state index in [0.29, 0.717) is 18.1 Å². The lowest BCUT2D eigenvalue weighted by Crippen LogP contribution is -2.01. The smallest absolute Gasteiger partial charge is 0.178 e. The Morgan fingerprint density at radius 3 is 2.70 bits per heavy atom. The summed E-state index contributed by atoms with van der Waals surface area (Å²) in [5, 5.41) is 0.889. The van der Waals surface area contributed by atoms with Crippen molar-refractivity contribution in [2.45, 2.75) is 13.5 Å². The summed E-state index contributed by atoms with van der Waals surface area (Å²) < 4.78 is 11.2. The Labute approximate surface area is 134 Å². The SMILES string of the molecule is COc1cccc(COc2cc(C(C)=O)nc3ccccc23)c1. The summed E-state index contributed by atoms with van der Waals surface area (Å²) >= 11 is 0. The Hall–Kier alpha value is -2.88. The fourth-order valence-electron chi connectivity index (χ4n) is 2.37. The third-order valence-corrected chi connectivity index (χ3v) is 3.57. The van der Waals surface area contributed by atoms with Gasteiger partial charge in [-0.2, -0.15) is 0 Å². The zero-order chi connectivity index (χ0) is 16.2. The van der Waals surface area contributed by atoms with Gasteiger partial charge >= 0.3 is 0 Å². The molecule has 0 bridgehead atoms. The third kappa shape index (κ3) is 3.31. The molecule has 1 heterocycles. The Morgan fingerprint density at radius 1 is 1.09 bits per heavy atom. The molecule has 4 nitrogen and oxygen atoms in total. The zero-order valence-corrected chi connectivity index (χ0v) is 13.1. The summed E-state index contributed by atoms with van der Waals surface area (Å²) in [7, 11) is 1.63. The van der Waals surface area contributed by atoms with Crippen LogP contribution in [0.3, 0.4) is 0 Å². The molecule has 0 aliphatic carbocycles. The van der Waals surface area contributed by atoms with Crippen molar-refractivity contribution in [3.05, 3.63) is 65.9 Å². The number of ether oxygens (including phenoxy) is 2. The highest BCUT2D eigenvalue weighted by Gasteiger charge is 2.10. The molecule has 3 aromatic rings. The average molecular weight is 307 g/mol. The summed E-state index contributed by atoms with van der Waals surface area (Å²) in [5.41, 5.74) is 2.15. The van der Waals surface area contributed by atoms with Crippen LogP contribution >= 0.6 is 0 Å². The van der Waals surface area contributed by atoms with E-state index in [1.165, 1.54) is 6.92 Å². The standard InChI is InChI=1S/C19H17NO3/c1-13(21)18-11-19(16-8-3-4-9-17(16)20-18)23-12-14-6-5-7-15(10-14)22-2/h3-11H,12H2,1-2H3. The highest BCUT2D eigenvalue weighted by molar-refractivity contribution is 5.96. The molecule has 3 rings (SSSR count). The van der Waals surface area contributed by atoms with Crippen LogP contribution in [0.15, 0.2) is 54.6 Å². The van der Waals surface area contributed by atoms with Crippen molar-refractivity contribution in [2.75, 3.05) is 7.11 Å². The molecular weight excluding hydrogens is 290 g/mol. The molecule has 0 amide bonds. The second-order valence-corrected chi connectivity index (χ2v) is 5.22. The van der Waals surface area contributed by atoms with Crippen molar-refractivity contribution >= 4 is 16.7 Å². The second-order valence-electron chi connectivity index (χ2n) is 5.22. The molecule has 0 atom stereocenters. The Balaban J connectivity index is 1.93. The average Bonchev–Trinajstić information content (AvgIpc) is 2.59. The van der Waals surface area contributed by atoms with Gasteiger partial charge in [0.05, 0.1) is 12.6 Å². The van der Waals surface area contributed by atoms with Gasteiger partial charge in [-0.05, 0) is 29.8 Å². The molecule has 0 aliphatic heterocycles. The van der Waals surface area contributed by atoms with Crippen LogP contribution in [-0.4, -0.2) is 17.9 Å². The molecule has 0 fully saturated rings. The molecule has 0 saturated heterocycles. The van der Waals surface area contributed by atoms with Crippen LogP contribution < -0.4 is 9.47 Å². The van der Waals surface area contributed by atoms with Crippen LogP contribution in [0.2, 0.25) is 0 Å². The van der Waals surface area contributed by atoms with Crippen LogP contribution in [0, 0.1) is 0 Å². The molecule has 0 radical (unpaired) electrons. The van der Waals surface area contributed by atoms with E-state index >= 15 is 0 Å². The van der Waals surface area contributed by atoms with Gasteiger partial charge in [-0.15, -0.1) is 0 Å². The van der Waals surface area contributed by atoms with Gasteiger partial charge in [0.2, 0.25) is 0 Å². The lowest BCUT2D eigenvalue weighted by atomic mass is 10.1. The van der Waals surface area contributed by atoms with E-state index in [9.17, 15) is 4.79 Å². The van der Waals surface area contributed by atoms with Crippen LogP contribution in [0.25, 0.3) is 10.9 Å². The number of aromatic nitrogens is 1. The first-order chi connectivity index (χ1) is 11.2. The third-order valence-electron chi connectivity index (χ3n) is 3.57. The number of para-hydroxylation sites is 1. The van der Waals surface area contributed by atoms with Crippen LogP contribution in [0.1, 0.15) is 23.0 Å². The Morgan fingerprint density at radius 2 is 1.91 bits per heavy atom. The number of carbonyl (C=O) groups excluding carboxylic acids is 1. The van der Waals surface area contributed by atoms with E-state index in [1.54, 1.807) is 13.2 Å². The number of benzene rings is 2. The van der Waals surface area contributed by atoms with E-state index in [0.717, 1.165) is 22.2 Å². The minimum atomic E-state index is -0.0815. The maximum atomic E-state index is 11.7. The number of hydrogen-bond donors (Lipinski definition) is 0. The van der Waals surface area contributed by atoms with Crippen LogP contribution in [-0.2, 0) is 6.61 Å². The number of ketones is 1. The van der Waals surface area contributed by atoms with Gasteiger partial charge in [0.1, 0.15) is 23.8 Å². The lowest BCUT2D eigenvalue weighted by Gasteiger charge is -2.11. The van der Waals surface area contributed by atoms with Crippen molar-refractivity contribution in [1.29, 1.82) is 0 Å². The van der Waals surface area contributed by atoms with Crippen molar-refractivity contribution in [2.24, 2.45) is 0 Å². The Kier molecular flexibility index (Phi) is 4.24. The predicted octanol–water partition coefficient (Wildman–Crippen LogP) is 4.03. The van der Waals surface area contributed by atoms with Gasteiger partial charge in [0.15, 0.2) is 5.78 Å². The summed E-state index contributed by atoms with van der Waals surface area (Å²) in [6.07, 6.45) is 0. The molecule has 0 unspecified atom stereocenters. The first kappa shape index (κ1) is 15.0. The van der Waals surface area contributed by atoms with E-state index in [1.807, 2.05) is 48.5 Å². The van der Waals surface area contributed by atoms with E-state index < -0.39 is 0 Å². The van der Waals surface area contributed by atoms with Gasteiger partial charge in [-0.1, -0.05) is 24.3 Å². The summed E-state index contributed by atoms with van der Waals surface area (Å²) in [5.74, 6) is 1.36. The van der Waals surface area contributed by atoms with Gasteiger partial charge in [-0.3, -0.25) is 4.79 Å². The number of methoxy groups -OCH3 is 1. The van der Waals surface area contributed by atoms with Gasteiger partial charge < -0.3 is 9.47 Å². The highest BCUT2D eigenvalue weighted by atomic mass is 16.5. The normalized spacial score (nSPS) is 10.5. The molecule has 0 saturated carbocycles. The van der Waals surface area contributed by atoms with Crippen LogP contribution in [0.5, 0.6) is 11.5 Å².